The van der Waals surface area contributed by atoms with E-state index >= 15 is 0 Å². The molecule has 0 saturated heterocycles. The van der Waals surface area contributed by atoms with Gasteiger partial charge >= 0.3 is 0 Å². The van der Waals surface area contributed by atoms with Crippen LogP contribution in [0.5, 0.6) is 0 Å². The van der Waals surface area contributed by atoms with Crippen molar-refractivity contribution in [3.8, 4) is 6.07 Å². The van der Waals surface area contributed by atoms with E-state index in [1.807, 2.05) is 24.3 Å². The van der Waals surface area contributed by atoms with Gasteiger partial charge in [-0.3, -0.25) is 4.98 Å². The number of pyridine rings is 2. The molecule has 1 aromatic carbocycles. The van der Waals surface area contributed by atoms with Gasteiger partial charge in [-0.25, -0.2) is 9.37 Å². The summed E-state index contributed by atoms with van der Waals surface area (Å²) in [4.78, 5) is 10.8. The van der Waals surface area contributed by atoms with Crippen LogP contribution in [0, 0.1) is 17.1 Å². The number of nitriles is 1. The van der Waals surface area contributed by atoms with Gasteiger partial charge in [-0.05, 0) is 42.0 Å². The van der Waals surface area contributed by atoms with Gasteiger partial charge in [0.05, 0.1) is 5.56 Å². The molecule has 0 fully saturated rings. The molecular weight excluding hydrogens is 315 g/mol. The maximum Gasteiger partial charge on any atom is 0.128 e. The summed E-state index contributed by atoms with van der Waals surface area (Å²) in [5, 5.41) is 8.93. The van der Waals surface area contributed by atoms with Gasteiger partial charge < -0.3 is 4.90 Å². The Hall–Kier alpha value is -3.26. The lowest BCUT2D eigenvalue weighted by Crippen LogP contribution is -2.26. The number of hydrogen-bond acceptors (Lipinski definition) is 4. The molecule has 2 aromatic heterocycles. The predicted molar refractivity (Wildman–Crippen MR) is 94.3 cm³/mol. The van der Waals surface area contributed by atoms with E-state index in [4.69, 9.17) is 5.26 Å². The van der Waals surface area contributed by atoms with Gasteiger partial charge in [-0.15, -0.1) is 0 Å². The molecule has 0 aliphatic carbocycles. The Bertz CT molecular complexity index is 840. The molecule has 3 aromatic rings. The first kappa shape index (κ1) is 16.6. The van der Waals surface area contributed by atoms with Crippen molar-refractivity contribution in [2.24, 2.45) is 0 Å². The molecular formula is C20H17FN4. The summed E-state index contributed by atoms with van der Waals surface area (Å²) in [5.74, 6) is 0.527. The molecule has 124 valence electrons. The van der Waals surface area contributed by atoms with Crippen LogP contribution in [0.2, 0.25) is 0 Å². The van der Waals surface area contributed by atoms with E-state index in [9.17, 15) is 4.39 Å². The summed E-state index contributed by atoms with van der Waals surface area (Å²) in [6.45, 7) is 1.32. The van der Waals surface area contributed by atoms with E-state index in [1.165, 1.54) is 12.1 Å². The Balaban J connectivity index is 1.79. The van der Waals surface area contributed by atoms with Crippen molar-refractivity contribution in [1.29, 1.82) is 5.26 Å². The van der Waals surface area contributed by atoms with Crippen LogP contribution in [0.4, 0.5) is 10.2 Å². The SMILES string of the molecule is N#Cc1ccc(N(CCc2ccccn2)Cc2ccc(F)cc2)nc1. The summed E-state index contributed by atoms with van der Waals surface area (Å²) in [6.07, 6.45) is 4.11. The molecule has 0 aliphatic heterocycles. The van der Waals surface area contributed by atoms with Crippen LogP contribution in [-0.2, 0) is 13.0 Å². The maximum absolute atomic E-state index is 13.1. The van der Waals surface area contributed by atoms with E-state index in [0.29, 0.717) is 18.7 Å². The van der Waals surface area contributed by atoms with Gasteiger partial charge in [-0.1, -0.05) is 18.2 Å². The minimum atomic E-state index is -0.250. The summed E-state index contributed by atoms with van der Waals surface area (Å²) < 4.78 is 13.1. The van der Waals surface area contributed by atoms with Gasteiger partial charge in [0.1, 0.15) is 17.7 Å². The minimum Gasteiger partial charge on any atom is -0.352 e. The standard InChI is InChI=1S/C20H17FN4/c21-18-7-4-16(5-8-18)15-25(12-10-19-3-1-2-11-23-19)20-9-6-17(13-22)14-24-20/h1-9,11,14H,10,12,15H2. The average molecular weight is 332 g/mol. The number of nitrogens with zero attached hydrogens (tertiary/aromatic N) is 4. The fraction of sp³-hybridized carbons (Fsp3) is 0.150. The van der Waals surface area contributed by atoms with Crippen molar-refractivity contribution in [2.45, 2.75) is 13.0 Å². The smallest absolute Gasteiger partial charge is 0.128 e. The predicted octanol–water partition coefficient (Wildman–Crippen LogP) is 3.74. The summed E-state index contributed by atoms with van der Waals surface area (Å²) >= 11 is 0. The molecule has 0 amide bonds. The highest BCUT2D eigenvalue weighted by molar-refractivity contribution is 5.43. The fourth-order valence-electron chi connectivity index (χ4n) is 2.52. The first-order valence-corrected chi connectivity index (χ1v) is 8.00. The molecule has 2 heterocycles. The molecule has 4 nitrogen and oxygen atoms in total. The van der Waals surface area contributed by atoms with E-state index < -0.39 is 0 Å². The van der Waals surface area contributed by atoms with Crippen LogP contribution < -0.4 is 4.90 Å². The monoisotopic (exact) mass is 332 g/mol. The van der Waals surface area contributed by atoms with Crippen molar-refractivity contribution in [3.63, 3.8) is 0 Å². The van der Waals surface area contributed by atoms with Crippen LogP contribution in [0.1, 0.15) is 16.8 Å². The first-order chi connectivity index (χ1) is 12.2. The zero-order valence-corrected chi connectivity index (χ0v) is 13.6. The van der Waals surface area contributed by atoms with Gasteiger partial charge in [0.25, 0.3) is 0 Å². The highest BCUT2D eigenvalue weighted by Crippen LogP contribution is 2.16. The van der Waals surface area contributed by atoms with Crippen molar-refractivity contribution in [2.75, 3.05) is 11.4 Å². The largest absolute Gasteiger partial charge is 0.352 e. The van der Waals surface area contributed by atoms with E-state index in [1.54, 1.807) is 30.6 Å². The molecule has 0 bridgehead atoms. The molecule has 0 saturated carbocycles. The molecule has 0 N–H and O–H groups in total. The Kier molecular flexibility index (Phi) is 5.32. The van der Waals surface area contributed by atoms with Gasteiger partial charge in [0.15, 0.2) is 0 Å². The number of anilines is 1. The zero-order valence-electron chi connectivity index (χ0n) is 13.6. The van der Waals surface area contributed by atoms with Crippen molar-refractivity contribution >= 4 is 5.82 Å². The number of aromatic nitrogens is 2. The molecule has 0 radical (unpaired) electrons. The van der Waals surface area contributed by atoms with Crippen LogP contribution in [0.3, 0.4) is 0 Å². The Morgan fingerprint density at radius 1 is 1.00 bits per heavy atom. The molecule has 0 atom stereocenters. The van der Waals surface area contributed by atoms with Crippen molar-refractivity contribution in [1.82, 2.24) is 9.97 Å². The quantitative estimate of drug-likeness (QED) is 0.690. The highest BCUT2D eigenvalue weighted by Gasteiger charge is 2.10. The topological polar surface area (TPSA) is 52.8 Å². The maximum atomic E-state index is 13.1. The Labute approximate surface area is 146 Å². The van der Waals surface area contributed by atoms with Gasteiger partial charge in [-0.2, -0.15) is 5.26 Å². The van der Waals surface area contributed by atoms with Crippen LogP contribution in [0.15, 0.2) is 67.0 Å². The third-order valence-electron chi connectivity index (χ3n) is 3.85. The second-order valence-corrected chi connectivity index (χ2v) is 5.64. The lowest BCUT2D eigenvalue weighted by atomic mass is 10.2. The van der Waals surface area contributed by atoms with Crippen molar-refractivity contribution < 1.29 is 4.39 Å². The summed E-state index contributed by atoms with van der Waals surface area (Å²) in [5.41, 5.74) is 2.52. The van der Waals surface area contributed by atoms with E-state index in [0.717, 1.165) is 23.5 Å². The zero-order chi connectivity index (χ0) is 17.5. The third kappa shape index (κ3) is 4.61. The molecule has 25 heavy (non-hydrogen) atoms. The minimum absolute atomic E-state index is 0.250. The van der Waals surface area contributed by atoms with Crippen molar-refractivity contribution in [3.05, 3.63) is 89.6 Å². The number of benzene rings is 1. The van der Waals surface area contributed by atoms with E-state index in [2.05, 4.69) is 20.9 Å². The first-order valence-electron chi connectivity index (χ1n) is 8.00. The Morgan fingerprint density at radius 2 is 1.84 bits per heavy atom. The molecule has 5 heteroatoms. The third-order valence-corrected chi connectivity index (χ3v) is 3.85. The highest BCUT2D eigenvalue weighted by atomic mass is 19.1. The summed E-state index contributed by atoms with van der Waals surface area (Å²) in [7, 11) is 0. The second kappa shape index (κ2) is 8.02. The number of hydrogen-bond donors (Lipinski definition) is 0. The van der Waals surface area contributed by atoms with Gasteiger partial charge in [0.2, 0.25) is 0 Å². The van der Waals surface area contributed by atoms with Gasteiger partial charge in [0, 0.05) is 37.6 Å². The molecule has 0 spiro atoms. The number of halogens is 1. The lowest BCUT2D eigenvalue weighted by Gasteiger charge is -2.24. The van der Waals surface area contributed by atoms with E-state index in [-0.39, 0.29) is 5.82 Å². The molecule has 0 aliphatic rings. The fourth-order valence-corrected chi connectivity index (χ4v) is 2.52. The normalized spacial score (nSPS) is 10.2. The lowest BCUT2D eigenvalue weighted by molar-refractivity contribution is 0.626. The van der Waals surface area contributed by atoms with Crippen LogP contribution >= 0.6 is 0 Å². The van der Waals surface area contributed by atoms with Crippen LogP contribution in [0.25, 0.3) is 0 Å². The number of rotatable bonds is 6. The second-order valence-electron chi connectivity index (χ2n) is 5.64. The Morgan fingerprint density at radius 3 is 2.48 bits per heavy atom. The average Bonchev–Trinajstić information content (AvgIpc) is 2.67. The van der Waals surface area contributed by atoms with Crippen LogP contribution in [-0.4, -0.2) is 16.5 Å². The summed E-state index contributed by atoms with van der Waals surface area (Å²) in [6, 6.07) is 18.0. The molecule has 3 rings (SSSR count). The molecule has 0 unspecified atom stereocenters.